The van der Waals surface area contributed by atoms with Crippen LogP contribution in [0.2, 0.25) is 4.47 Å². The van der Waals surface area contributed by atoms with E-state index < -0.39 is 11.4 Å². The maximum absolute atomic E-state index is 15.0. The minimum atomic E-state index is -0.399. The molecule has 0 saturated heterocycles. The molecule has 0 spiro atoms. The molecule has 1 N–H and O–H groups in total. The molecule has 0 amide bonds. The number of aryl methyl sites for hydroxylation is 3. The number of benzene rings is 2. The predicted molar refractivity (Wildman–Crippen MR) is 137 cm³/mol. The van der Waals surface area contributed by atoms with Crippen molar-refractivity contribution in [2.75, 3.05) is 0 Å². The Morgan fingerprint density at radius 3 is 2.60 bits per heavy atom. The molecule has 0 unspecified atom stereocenters. The van der Waals surface area contributed by atoms with Crippen molar-refractivity contribution >= 4 is 28.6 Å². The summed E-state index contributed by atoms with van der Waals surface area (Å²) in [7, 11) is 0. The van der Waals surface area contributed by atoms with Crippen molar-refractivity contribution in [3.8, 4) is 28.1 Å². The van der Waals surface area contributed by atoms with Gasteiger partial charge in [-0.1, -0.05) is 41.4 Å². The van der Waals surface area contributed by atoms with E-state index in [0.29, 0.717) is 21.2 Å². The van der Waals surface area contributed by atoms with E-state index in [4.69, 9.17) is 11.6 Å². The molecule has 3 heterocycles. The van der Waals surface area contributed by atoms with Gasteiger partial charge in [-0.25, -0.2) is 14.2 Å². The molecule has 176 valence electrons. The van der Waals surface area contributed by atoms with E-state index in [2.05, 4.69) is 4.98 Å². The summed E-state index contributed by atoms with van der Waals surface area (Å²) in [5, 5.41) is 11.4. The Morgan fingerprint density at radius 1 is 1.09 bits per heavy atom. The maximum Gasteiger partial charge on any atom is 0.354 e. The highest BCUT2D eigenvalue weighted by atomic mass is 35.5. The van der Waals surface area contributed by atoms with Crippen LogP contribution in [0.25, 0.3) is 27.9 Å². The molecule has 2 aromatic carbocycles. The smallest absolute Gasteiger partial charge is 0.354 e. The molecule has 5 nitrogen and oxygen atoms in total. The lowest BCUT2D eigenvalue weighted by atomic mass is 9.95. The van der Waals surface area contributed by atoms with Gasteiger partial charge < -0.3 is 5.11 Å². The molecule has 0 aliphatic carbocycles. The van der Waals surface area contributed by atoms with Crippen LogP contribution in [0.15, 0.2) is 65.7 Å². The zero-order valence-electron chi connectivity index (χ0n) is 19.3. The van der Waals surface area contributed by atoms with Crippen molar-refractivity contribution in [1.29, 1.82) is 0 Å². The molecule has 0 aliphatic rings. The largest absolute Gasteiger partial charge is 0.477 e. The van der Waals surface area contributed by atoms with Crippen LogP contribution >= 0.6 is 22.9 Å². The quantitative estimate of drug-likeness (QED) is 0.311. The first-order valence-electron chi connectivity index (χ1n) is 11.0. The molecule has 0 bridgehead atoms. The van der Waals surface area contributed by atoms with Crippen LogP contribution in [0, 0.1) is 26.6 Å². The zero-order chi connectivity index (χ0) is 24.9. The van der Waals surface area contributed by atoms with Gasteiger partial charge in [0.2, 0.25) is 0 Å². The molecule has 8 heteroatoms. The predicted octanol–water partition coefficient (Wildman–Crippen LogP) is 5.85. The number of aromatic hydroxyl groups is 1. The maximum atomic E-state index is 15.0. The average Bonchev–Trinajstić information content (AvgIpc) is 3.23. The molecular weight excluding hydrogens is 485 g/mol. The van der Waals surface area contributed by atoms with Crippen molar-refractivity contribution < 1.29 is 14.1 Å². The van der Waals surface area contributed by atoms with Gasteiger partial charge in [-0.3, -0.25) is 0 Å². The van der Waals surface area contributed by atoms with E-state index >= 15 is 0 Å². The van der Waals surface area contributed by atoms with Crippen molar-refractivity contribution in [2.24, 2.45) is 0 Å². The Morgan fingerprint density at radius 2 is 1.89 bits per heavy atom. The lowest BCUT2D eigenvalue weighted by molar-refractivity contribution is -0.671. The van der Waals surface area contributed by atoms with Crippen molar-refractivity contribution in [2.45, 2.75) is 27.3 Å². The fraction of sp³-hybridized carbons (Fsp3) is 0.148. The van der Waals surface area contributed by atoms with Gasteiger partial charge in [0.15, 0.2) is 10.0 Å². The Balaban J connectivity index is 1.78. The second-order valence-electron chi connectivity index (χ2n) is 8.57. The van der Waals surface area contributed by atoms with Crippen LogP contribution < -0.4 is 10.1 Å². The average molecular weight is 507 g/mol. The minimum absolute atomic E-state index is 0.0923. The SMILES string of the molecule is Cc1ccc(-c2cc(-c3c(O)[n+](Cc4cnc(Cl)s4)c4c(C)cccn4c3=O)ccc2F)c(C)c1. The number of aromatic nitrogens is 3. The van der Waals surface area contributed by atoms with E-state index in [1.165, 1.54) is 27.9 Å². The second-order valence-corrected chi connectivity index (χ2v) is 10.3. The fourth-order valence-electron chi connectivity index (χ4n) is 4.48. The number of halogens is 2. The number of hydrogen-bond acceptors (Lipinski definition) is 4. The number of fused-ring (bicyclic) bond motifs is 1. The molecule has 3 aromatic heterocycles. The summed E-state index contributed by atoms with van der Waals surface area (Å²) in [6.45, 7) is 6.05. The summed E-state index contributed by atoms with van der Waals surface area (Å²) in [5.74, 6) is -0.601. The first kappa shape index (κ1) is 23.2. The van der Waals surface area contributed by atoms with Crippen molar-refractivity contribution in [1.82, 2.24) is 9.38 Å². The molecule has 0 aliphatic heterocycles. The molecular formula is C27H22ClFN3O2S+. The molecule has 0 radical (unpaired) electrons. The molecule has 0 atom stereocenters. The zero-order valence-corrected chi connectivity index (χ0v) is 20.9. The summed E-state index contributed by atoms with van der Waals surface area (Å²) < 4.78 is 18.5. The van der Waals surface area contributed by atoms with Crippen LogP contribution in [0.1, 0.15) is 21.6 Å². The molecule has 0 fully saturated rings. The Bertz CT molecular complexity index is 1680. The normalized spacial score (nSPS) is 11.3. The third-order valence-corrected chi connectivity index (χ3v) is 7.20. The van der Waals surface area contributed by atoms with Crippen molar-refractivity contribution in [3.05, 3.63) is 103 Å². The van der Waals surface area contributed by atoms with Gasteiger partial charge in [-0.05, 0) is 61.7 Å². The first-order chi connectivity index (χ1) is 16.7. The van der Waals surface area contributed by atoms with E-state index in [1.807, 2.05) is 45.0 Å². The lowest BCUT2D eigenvalue weighted by Gasteiger charge is -2.13. The monoisotopic (exact) mass is 506 g/mol. The molecule has 5 aromatic rings. The minimum Gasteiger partial charge on any atom is -0.477 e. The number of rotatable bonds is 4. The Labute approximate surface area is 210 Å². The van der Waals surface area contributed by atoms with Gasteiger partial charge in [0.25, 0.3) is 11.5 Å². The number of pyridine rings is 1. The van der Waals surface area contributed by atoms with E-state index in [-0.39, 0.29) is 18.0 Å². The second kappa shape index (κ2) is 8.91. The van der Waals surface area contributed by atoms with Gasteiger partial charge in [0.05, 0.1) is 11.1 Å². The van der Waals surface area contributed by atoms with Crippen LogP contribution in [0.3, 0.4) is 0 Å². The topological polar surface area (TPSA) is 58.5 Å². The summed E-state index contributed by atoms with van der Waals surface area (Å²) in [6, 6.07) is 13.9. The number of thiazole rings is 1. The summed E-state index contributed by atoms with van der Waals surface area (Å²) in [5.41, 5.74) is 4.61. The van der Waals surface area contributed by atoms with Gasteiger partial charge in [-0.15, -0.1) is 11.3 Å². The van der Waals surface area contributed by atoms with E-state index in [1.54, 1.807) is 29.1 Å². The van der Waals surface area contributed by atoms with Gasteiger partial charge in [-0.2, -0.15) is 8.97 Å². The molecule has 0 saturated carbocycles. The molecule has 5 rings (SSSR count). The highest BCUT2D eigenvalue weighted by Gasteiger charge is 2.27. The van der Waals surface area contributed by atoms with Gasteiger partial charge in [0, 0.05) is 17.3 Å². The Hall–Kier alpha value is -3.55. The van der Waals surface area contributed by atoms with Crippen LogP contribution in [-0.4, -0.2) is 14.5 Å². The highest BCUT2D eigenvalue weighted by molar-refractivity contribution is 7.15. The third kappa shape index (κ3) is 4.11. The standard InChI is InChI=1S/C27H21ClFN3O2S/c1-15-6-8-20(17(3)11-15)21-12-18(7-9-22(21)29)23-25(33)31-10-4-5-16(2)24(31)32(26(23)34)14-19-13-30-27(28)35-19/h4-13H,14H2,1-3H3/p+1. The van der Waals surface area contributed by atoms with Gasteiger partial charge in [0.1, 0.15) is 12.4 Å². The lowest BCUT2D eigenvalue weighted by Crippen LogP contribution is -2.41. The Kier molecular flexibility index (Phi) is 5.91. The summed E-state index contributed by atoms with van der Waals surface area (Å²) in [6.07, 6.45) is 3.31. The third-order valence-electron chi connectivity index (χ3n) is 6.10. The summed E-state index contributed by atoms with van der Waals surface area (Å²) in [4.78, 5) is 18.5. The number of nitrogens with zero attached hydrogens (tertiary/aromatic N) is 3. The fourth-order valence-corrected chi connectivity index (χ4v) is 5.45. The first-order valence-corrected chi connectivity index (χ1v) is 12.2. The highest BCUT2D eigenvalue weighted by Crippen LogP contribution is 2.33. The van der Waals surface area contributed by atoms with E-state index in [0.717, 1.165) is 27.1 Å². The van der Waals surface area contributed by atoms with Crippen LogP contribution in [0.4, 0.5) is 4.39 Å². The van der Waals surface area contributed by atoms with Gasteiger partial charge >= 0.3 is 5.56 Å². The molecule has 35 heavy (non-hydrogen) atoms. The number of hydrogen-bond donors (Lipinski definition) is 1. The summed E-state index contributed by atoms with van der Waals surface area (Å²) >= 11 is 7.33. The van der Waals surface area contributed by atoms with E-state index in [9.17, 15) is 14.3 Å². The van der Waals surface area contributed by atoms with Crippen LogP contribution in [-0.2, 0) is 6.54 Å². The van der Waals surface area contributed by atoms with Crippen molar-refractivity contribution in [3.63, 3.8) is 0 Å². The van der Waals surface area contributed by atoms with Crippen LogP contribution in [0.5, 0.6) is 5.88 Å².